The number of aryl methyl sites for hydroxylation is 1. The molecule has 0 bridgehead atoms. The maximum Gasteiger partial charge on any atom is 0.350 e. The summed E-state index contributed by atoms with van der Waals surface area (Å²) in [6.07, 6.45) is 0.780. The molecule has 90 valence electrons. The maximum absolute atomic E-state index is 11.6. The van der Waals surface area contributed by atoms with E-state index in [1.165, 1.54) is 11.3 Å². The van der Waals surface area contributed by atoms with Crippen LogP contribution in [0.1, 0.15) is 47.6 Å². The van der Waals surface area contributed by atoms with Crippen molar-refractivity contribution in [1.29, 1.82) is 0 Å². The van der Waals surface area contributed by atoms with Crippen LogP contribution in [0, 0.1) is 6.92 Å². The highest BCUT2D eigenvalue weighted by molar-refractivity contribution is 7.13. The first-order valence-electron chi connectivity index (χ1n) is 5.36. The van der Waals surface area contributed by atoms with E-state index in [0.29, 0.717) is 17.2 Å². The van der Waals surface area contributed by atoms with Gasteiger partial charge in [0.2, 0.25) is 0 Å². The van der Waals surface area contributed by atoms with Gasteiger partial charge in [0.25, 0.3) is 0 Å². The highest BCUT2D eigenvalue weighted by atomic mass is 32.1. The minimum atomic E-state index is -0.472. The molecule has 0 aliphatic heterocycles. The van der Waals surface area contributed by atoms with Crippen molar-refractivity contribution in [2.24, 2.45) is 5.73 Å². The zero-order valence-electron chi connectivity index (χ0n) is 10.2. The molecule has 1 heterocycles. The molecule has 0 amide bonds. The largest absolute Gasteiger partial charge is 0.462 e. The molecule has 1 rings (SSSR count). The lowest BCUT2D eigenvalue weighted by Crippen LogP contribution is -2.31. The predicted octanol–water partition coefficient (Wildman–Crippen LogP) is 2.21. The fourth-order valence-electron chi connectivity index (χ4n) is 1.18. The van der Waals surface area contributed by atoms with Crippen molar-refractivity contribution in [3.8, 4) is 0 Å². The van der Waals surface area contributed by atoms with Crippen LogP contribution in [0.2, 0.25) is 0 Å². The number of esters is 1. The lowest BCUT2D eigenvalue weighted by Gasteiger charge is -2.18. The third kappa shape index (κ3) is 2.59. The summed E-state index contributed by atoms with van der Waals surface area (Å²) in [5.41, 5.74) is 6.32. The summed E-state index contributed by atoms with van der Waals surface area (Å²) in [5.74, 6) is -0.310. The van der Waals surface area contributed by atoms with Gasteiger partial charge >= 0.3 is 5.97 Å². The van der Waals surface area contributed by atoms with E-state index in [1.54, 1.807) is 13.8 Å². The summed E-state index contributed by atoms with van der Waals surface area (Å²) < 4.78 is 4.96. The fourth-order valence-corrected chi connectivity index (χ4v) is 2.27. The van der Waals surface area contributed by atoms with Crippen LogP contribution in [-0.2, 0) is 10.3 Å². The van der Waals surface area contributed by atoms with Crippen LogP contribution in [0.4, 0.5) is 0 Å². The highest BCUT2D eigenvalue weighted by Crippen LogP contribution is 2.28. The number of carbonyl (C=O) groups is 1. The molecule has 4 nitrogen and oxygen atoms in total. The molecule has 5 heteroatoms. The number of nitrogens with zero attached hydrogens (tertiary/aromatic N) is 1. The summed E-state index contributed by atoms with van der Waals surface area (Å²) >= 11 is 1.33. The molecule has 16 heavy (non-hydrogen) atoms. The molecule has 0 radical (unpaired) electrons. The molecule has 0 fully saturated rings. The van der Waals surface area contributed by atoms with Gasteiger partial charge in [-0.1, -0.05) is 6.92 Å². The van der Waals surface area contributed by atoms with E-state index in [2.05, 4.69) is 4.98 Å². The number of nitrogens with two attached hydrogens (primary N) is 1. The SMILES string of the molecule is CCOC(=O)c1sc(C(C)(N)CC)nc1C. The molecule has 0 saturated carbocycles. The number of hydrogen-bond donors (Lipinski definition) is 1. The van der Waals surface area contributed by atoms with E-state index in [0.717, 1.165) is 11.4 Å². The minimum Gasteiger partial charge on any atom is -0.462 e. The number of rotatable bonds is 4. The van der Waals surface area contributed by atoms with Gasteiger partial charge in [0, 0.05) is 0 Å². The smallest absolute Gasteiger partial charge is 0.350 e. The number of ether oxygens (including phenoxy) is 1. The summed E-state index contributed by atoms with van der Waals surface area (Å²) in [5, 5.41) is 0.788. The van der Waals surface area contributed by atoms with Gasteiger partial charge < -0.3 is 10.5 Å². The molecule has 0 aliphatic rings. The molecular formula is C11H18N2O2S. The standard InChI is InChI=1S/C11H18N2O2S/c1-5-11(4,12)10-13-7(3)8(16-10)9(14)15-6-2/h5-6,12H2,1-4H3. The Morgan fingerprint density at radius 3 is 2.69 bits per heavy atom. The zero-order valence-corrected chi connectivity index (χ0v) is 11.0. The van der Waals surface area contributed by atoms with Crippen LogP contribution in [0.15, 0.2) is 0 Å². The molecule has 1 aromatic heterocycles. The monoisotopic (exact) mass is 242 g/mol. The van der Waals surface area contributed by atoms with Gasteiger partial charge in [-0.05, 0) is 27.2 Å². The molecule has 0 saturated heterocycles. The lowest BCUT2D eigenvalue weighted by molar-refractivity contribution is 0.0531. The van der Waals surface area contributed by atoms with Crippen molar-refractivity contribution in [1.82, 2.24) is 4.98 Å². The Morgan fingerprint density at radius 1 is 1.56 bits per heavy atom. The van der Waals surface area contributed by atoms with E-state index in [1.807, 2.05) is 13.8 Å². The van der Waals surface area contributed by atoms with Crippen LogP contribution in [0.5, 0.6) is 0 Å². The highest BCUT2D eigenvalue weighted by Gasteiger charge is 2.26. The normalized spacial score (nSPS) is 14.6. The van der Waals surface area contributed by atoms with Crippen molar-refractivity contribution in [3.05, 3.63) is 15.6 Å². The van der Waals surface area contributed by atoms with Gasteiger partial charge in [-0.25, -0.2) is 9.78 Å². The number of hydrogen-bond acceptors (Lipinski definition) is 5. The Bertz CT molecular complexity index is 385. The summed E-state index contributed by atoms with van der Waals surface area (Å²) in [7, 11) is 0. The van der Waals surface area contributed by atoms with E-state index < -0.39 is 5.54 Å². The third-order valence-electron chi connectivity index (χ3n) is 2.48. The molecule has 0 aliphatic carbocycles. The van der Waals surface area contributed by atoms with Crippen LogP contribution in [0.3, 0.4) is 0 Å². The molecule has 1 aromatic rings. The van der Waals surface area contributed by atoms with Crippen molar-refractivity contribution < 1.29 is 9.53 Å². The zero-order chi connectivity index (χ0) is 12.3. The average molecular weight is 242 g/mol. The van der Waals surface area contributed by atoms with Crippen LogP contribution < -0.4 is 5.73 Å². The lowest BCUT2D eigenvalue weighted by atomic mass is 10.0. The van der Waals surface area contributed by atoms with Gasteiger partial charge in [0.15, 0.2) is 0 Å². The Morgan fingerprint density at radius 2 is 2.19 bits per heavy atom. The van der Waals surface area contributed by atoms with Gasteiger partial charge in [0.05, 0.1) is 17.8 Å². The van der Waals surface area contributed by atoms with Gasteiger partial charge in [-0.3, -0.25) is 0 Å². The Hall–Kier alpha value is -0.940. The molecule has 0 spiro atoms. The third-order valence-corrected chi connectivity index (χ3v) is 3.90. The summed E-state index contributed by atoms with van der Waals surface area (Å²) in [6, 6.07) is 0. The van der Waals surface area contributed by atoms with Crippen LogP contribution in [-0.4, -0.2) is 17.6 Å². The molecule has 1 unspecified atom stereocenters. The van der Waals surface area contributed by atoms with E-state index in [-0.39, 0.29) is 5.97 Å². The number of carbonyl (C=O) groups excluding carboxylic acids is 1. The number of aromatic nitrogens is 1. The van der Waals surface area contributed by atoms with E-state index >= 15 is 0 Å². The van der Waals surface area contributed by atoms with Crippen molar-refractivity contribution >= 4 is 17.3 Å². The van der Waals surface area contributed by atoms with Crippen LogP contribution >= 0.6 is 11.3 Å². The molecule has 2 N–H and O–H groups in total. The van der Waals surface area contributed by atoms with Crippen molar-refractivity contribution in [2.45, 2.75) is 39.7 Å². The molecular weight excluding hydrogens is 224 g/mol. The first-order valence-corrected chi connectivity index (χ1v) is 6.18. The molecule has 1 atom stereocenters. The van der Waals surface area contributed by atoms with Crippen LogP contribution in [0.25, 0.3) is 0 Å². The summed E-state index contributed by atoms with van der Waals surface area (Å²) in [6.45, 7) is 7.88. The van der Waals surface area contributed by atoms with Gasteiger partial charge in [-0.15, -0.1) is 11.3 Å². The quantitative estimate of drug-likeness (QED) is 0.822. The van der Waals surface area contributed by atoms with E-state index in [4.69, 9.17) is 10.5 Å². The minimum absolute atomic E-state index is 0.310. The van der Waals surface area contributed by atoms with Gasteiger partial charge in [0.1, 0.15) is 9.88 Å². The van der Waals surface area contributed by atoms with Crippen molar-refractivity contribution in [3.63, 3.8) is 0 Å². The maximum atomic E-state index is 11.6. The van der Waals surface area contributed by atoms with E-state index in [9.17, 15) is 4.79 Å². The second-order valence-electron chi connectivity index (χ2n) is 3.93. The predicted molar refractivity (Wildman–Crippen MR) is 64.6 cm³/mol. The topological polar surface area (TPSA) is 65.2 Å². The first-order chi connectivity index (χ1) is 7.42. The summed E-state index contributed by atoms with van der Waals surface area (Å²) in [4.78, 5) is 16.5. The molecule has 0 aromatic carbocycles. The first kappa shape index (κ1) is 13.1. The second kappa shape index (κ2) is 4.93. The average Bonchev–Trinajstić information content (AvgIpc) is 2.61. The van der Waals surface area contributed by atoms with Crippen molar-refractivity contribution in [2.75, 3.05) is 6.61 Å². The number of thiazole rings is 1. The second-order valence-corrected chi connectivity index (χ2v) is 4.92. The Labute approximate surface area is 99.8 Å². The fraction of sp³-hybridized carbons (Fsp3) is 0.636. The Balaban J connectivity index is 3.03. The Kier molecular flexibility index (Phi) is 4.04. The van der Waals surface area contributed by atoms with Gasteiger partial charge in [-0.2, -0.15) is 0 Å².